The number of aromatic nitrogens is 2. The van der Waals surface area contributed by atoms with Crippen molar-refractivity contribution in [2.24, 2.45) is 5.41 Å². The molecule has 31 heavy (non-hydrogen) atoms. The largest absolute Gasteiger partial charge is 0.343 e. The molecule has 0 saturated heterocycles. The zero-order chi connectivity index (χ0) is 21.8. The lowest BCUT2D eigenvalue weighted by Gasteiger charge is -2.37. The van der Waals surface area contributed by atoms with E-state index in [9.17, 15) is 9.59 Å². The van der Waals surface area contributed by atoms with Crippen molar-refractivity contribution in [1.82, 2.24) is 9.78 Å². The third-order valence-electron chi connectivity index (χ3n) is 6.44. The van der Waals surface area contributed by atoms with E-state index >= 15 is 0 Å². The van der Waals surface area contributed by atoms with Gasteiger partial charge in [0.15, 0.2) is 5.78 Å². The molecular formula is C26H27N3O2. The van der Waals surface area contributed by atoms with Gasteiger partial charge in [-0.05, 0) is 41.5 Å². The van der Waals surface area contributed by atoms with Gasteiger partial charge in [0.1, 0.15) is 5.82 Å². The van der Waals surface area contributed by atoms with E-state index in [1.165, 1.54) is 5.56 Å². The number of aromatic amines is 1. The normalized spacial score (nSPS) is 19.6. The van der Waals surface area contributed by atoms with Crippen molar-refractivity contribution in [3.05, 3.63) is 92.9 Å². The average Bonchev–Trinajstić information content (AvgIpc) is 3.08. The summed E-state index contributed by atoms with van der Waals surface area (Å²) in [6, 6.07) is 17.9. The Bertz CT molecular complexity index is 1240. The molecule has 2 N–H and O–H groups in total. The summed E-state index contributed by atoms with van der Waals surface area (Å²) in [6.45, 7) is 6.36. The number of aryl methyl sites for hydroxylation is 1. The Morgan fingerprint density at radius 3 is 2.39 bits per heavy atom. The highest BCUT2D eigenvalue weighted by Gasteiger charge is 2.42. The summed E-state index contributed by atoms with van der Waals surface area (Å²) in [6.07, 6.45) is 2.21. The minimum atomic E-state index is -0.366. The molecule has 1 atom stereocenters. The number of para-hydroxylation sites is 1. The highest BCUT2D eigenvalue weighted by atomic mass is 16.1. The number of nitrogens with zero attached hydrogens (tertiary/aromatic N) is 1. The maximum atomic E-state index is 13.6. The van der Waals surface area contributed by atoms with Crippen LogP contribution in [-0.4, -0.2) is 15.6 Å². The van der Waals surface area contributed by atoms with Crippen LogP contribution in [0.15, 0.2) is 70.7 Å². The molecule has 158 valence electrons. The van der Waals surface area contributed by atoms with E-state index in [2.05, 4.69) is 55.5 Å². The second-order valence-electron chi connectivity index (χ2n) is 9.36. The lowest BCUT2D eigenvalue weighted by molar-refractivity contribution is -0.118. The predicted octanol–water partition coefficient (Wildman–Crippen LogP) is 4.93. The van der Waals surface area contributed by atoms with E-state index in [1.807, 2.05) is 30.3 Å². The molecule has 5 rings (SSSR count). The first-order chi connectivity index (χ1) is 14.9. The van der Waals surface area contributed by atoms with Crippen molar-refractivity contribution < 1.29 is 4.79 Å². The van der Waals surface area contributed by atoms with Gasteiger partial charge in [-0.25, -0.2) is 4.68 Å². The third kappa shape index (κ3) is 3.25. The molecule has 2 aromatic carbocycles. The van der Waals surface area contributed by atoms with E-state index in [0.29, 0.717) is 17.8 Å². The number of carbonyl (C=O) groups excluding carboxylic acids is 1. The number of anilines is 1. The topological polar surface area (TPSA) is 66.9 Å². The van der Waals surface area contributed by atoms with Gasteiger partial charge in [0.25, 0.3) is 5.56 Å². The van der Waals surface area contributed by atoms with Gasteiger partial charge >= 0.3 is 0 Å². The predicted molar refractivity (Wildman–Crippen MR) is 123 cm³/mol. The standard InChI is InChI=1S/C26H27N3O2/c1-4-16-10-12-17(13-11-16)21-22-19(14-26(2,3)15-20(22)30)27-24-23(21)25(31)29(28-24)18-8-6-5-7-9-18/h5-13,21,27-28H,4,14-15H2,1-3H3. The molecule has 0 fully saturated rings. The smallest absolute Gasteiger partial charge is 0.277 e. The Balaban J connectivity index is 1.73. The van der Waals surface area contributed by atoms with Crippen LogP contribution in [0.2, 0.25) is 0 Å². The number of Topliss-reactive ketones (excluding diaryl/α,β-unsaturated/α-hetero) is 1. The maximum Gasteiger partial charge on any atom is 0.277 e. The van der Waals surface area contributed by atoms with Gasteiger partial charge in [-0.3, -0.25) is 14.7 Å². The number of allylic oxidation sites excluding steroid dienone is 2. The minimum absolute atomic E-state index is 0.112. The molecule has 1 aliphatic heterocycles. The first-order valence-corrected chi connectivity index (χ1v) is 10.9. The number of benzene rings is 2. The zero-order valence-electron chi connectivity index (χ0n) is 18.2. The van der Waals surface area contributed by atoms with Crippen LogP contribution in [0.5, 0.6) is 0 Å². The van der Waals surface area contributed by atoms with E-state index in [4.69, 9.17) is 0 Å². The second-order valence-corrected chi connectivity index (χ2v) is 9.36. The molecule has 1 aliphatic carbocycles. The molecule has 2 heterocycles. The van der Waals surface area contributed by atoms with Crippen LogP contribution >= 0.6 is 0 Å². The van der Waals surface area contributed by atoms with E-state index in [1.54, 1.807) is 4.68 Å². The van der Waals surface area contributed by atoms with Crippen molar-refractivity contribution in [3.8, 4) is 5.69 Å². The second kappa shape index (κ2) is 7.12. The van der Waals surface area contributed by atoms with Crippen molar-refractivity contribution in [2.75, 3.05) is 5.32 Å². The number of hydrogen-bond acceptors (Lipinski definition) is 3. The number of hydrogen-bond donors (Lipinski definition) is 2. The molecular weight excluding hydrogens is 386 g/mol. The fourth-order valence-corrected chi connectivity index (χ4v) is 4.93. The van der Waals surface area contributed by atoms with Crippen molar-refractivity contribution in [2.45, 2.75) is 46.0 Å². The van der Waals surface area contributed by atoms with Crippen LogP contribution < -0.4 is 10.9 Å². The molecule has 0 spiro atoms. The first-order valence-electron chi connectivity index (χ1n) is 10.9. The van der Waals surface area contributed by atoms with E-state index in [-0.39, 0.29) is 22.7 Å². The van der Waals surface area contributed by atoms with Gasteiger partial charge in [0.05, 0.1) is 11.3 Å². The third-order valence-corrected chi connectivity index (χ3v) is 6.44. The number of carbonyl (C=O) groups is 1. The van der Waals surface area contributed by atoms with Crippen molar-refractivity contribution in [1.29, 1.82) is 0 Å². The minimum Gasteiger partial charge on any atom is -0.343 e. The first kappa shape index (κ1) is 19.6. The fraction of sp³-hybridized carbons (Fsp3) is 0.308. The van der Waals surface area contributed by atoms with E-state index < -0.39 is 0 Å². The molecule has 0 saturated carbocycles. The molecule has 2 aliphatic rings. The summed E-state index contributed by atoms with van der Waals surface area (Å²) in [5.41, 5.74) is 5.04. The molecule has 0 amide bonds. The van der Waals surface area contributed by atoms with Crippen LogP contribution in [0.3, 0.4) is 0 Å². The van der Waals surface area contributed by atoms with Crippen LogP contribution in [0, 0.1) is 5.41 Å². The Labute approximate surface area is 181 Å². The average molecular weight is 414 g/mol. The monoisotopic (exact) mass is 413 g/mol. The van der Waals surface area contributed by atoms with Crippen LogP contribution in [0.1, 0.15) is 56.2 Å². The summed E-state index contributed by atoms with van der Waals surface area (Å²) in [7, 11) is 0. The number of H-pyrrole nitrogens is 1. The van der Waals surface area contributed by atoms with Gasteiger partial charge in [-0.2, -0.15) is 0 Å². The van der Waals surface area contributed by atoms with Crippen LogP contribution in [0.4, 0.5) is 5.82 Å². The molecule has 5 nitrogen and oxygen atoms in total. The summed E-state index contributed by atoms with van der Waals surface area (Å²) in [5.74, 6) is 0.443. The van der Waals surface area contributed by atoms with Crippen molar-refractivity contribution in [3.63, 3.8) is 0 Å². The Morgan fingerprint density at radius 2 is 1.71 bits per heavy atom. The zero-order valence-corrected chi connectivity index (χ0v) is 18.2. The molecule has 0 bridgehead atoms. The molecule has 5 heteroatoms. The summed E-state index contributed by atoms with van der Waals surface area (Å²) in [5, 5.41) is 6.68. The van der Waals surface area contributed by atoms with Gasteiger partial charge in [-0.15, -0.1) is 0 Å². The Kier molecular flexibility index (Phi) is 4.50. The number of ketones is 1. The molecule has 1 aromatic heterocycles. The molecule has 3 aromatic rings. The summed E-state index contributed by atoms with van der Waals surface area (Å²) in [4.78, 5) is 26.9. The highest BCUT2D eigenvalue weighted by Crippen LogP contribution is 2.47. The fourth-order valence-electron chi connectivity index (χ4n) is 4.93. The summed E-state index contributed by atoms with van der Waals surface area (Å²) < 4.78 is 1.57. The molecule has 0 radical (unpaired) electrons. The quantitative estimate of drug-likeness (QED) is 0.640. The molecule has 1 unspecified atom stereocenters. The van der Waals surface area contributed by atoms with Crippen molar-refractivity contribution >= 4 is 11.6 Å². The van der Waals surface area contributed by atoms with Gasteiger partial charge in [0.2, 0.25) is 0 Å². The highest BCUT2D eigenvalue weighted by molar-refractivity contribution is 6.01. The lowest BCUT2D eigenvalue weighted by atomic mass is 9.69. The van der Waals surface area contributed by atoms with Crippen LogP contribution in [-0.2, 0) is 11.2 Å². The summed E-state index contributed by atoms with van der Waals surface area (Å²) >= 11 is 0. The van der Waals surface area contributed by atoms with Crippen LogP contribution in [0.25, 0.3) is 5.69 Å². The van der Waals surface area contributed by atoms with Gasteiger partial charge < -0.3 is 5.32 Å². The SMILES string of the molecule is CCc1ccc(C2C3=C(CC(C)(C)CC3=O)Nc3[nH]n(-c4ccccc4)c(=O)c32)cc1. The Hall–Kier alpha value is -3.34. The van der Waals surface area contributed by atoms with Gasteiger partial charge in [0, 0.05) is 23.6 Å². The number of fused-ring (bicyclic) bond motifs is 1. The number of nitrogens with one attached hydrogen (secondary N) is 2. The Morgan fingerprint density at radius 1 is 1.00 bits per heavy atom. The number of rotatable bonds is 3. The van der Waals surface area contributed by atoms with Gasteiger partial charge in [-0.1, -0.05) is 63.2 Å². The maximum absolute atomic E-state index is 13.6. The van der Waals surface area contributed by atoms with E-state index in [0.717, 1.165) is 35.4 Å². The lowest BCUT2D eigenvalue weighted by Crippen LogP contribution is -2.35.